The number of rotatable bonds is 7. The highest BCUT2D eigenvalue weighted by molar-refractivity contribution is 5.22. The number of benzene rings is 2. The Bertz CT molecular complexity index is 575. The molecule has 0 radical (unpaired) electrons. The van der Waals surface area contributed by atoms with Gasteiger partial charge in [-0.1, -0.05) is 60.2 Å². The minimum Gasteiger partial charge on any atom is -0.311 e. The van der Waals surface area contributed by atoms with Crippen LogP contribution in [0, 0.1) is 6.92 Å². The Balaban J connectivity index is 1.83. The minimum atomic E-state index is 0.0408. The van der Waals surface area contributed by atoms with Crippen molar-refractivity contribution in [2.75, 3.05) is 6.54 Å². The Hall–Kier alpha value is -1.64. The highest BCUT2D eigenvalue weighted by Gasteiger charge is 2.20. The fraction of sp³-hybridized carbons (Fsp3) is 0.400. The molecule has 0 heterocycles. The normalized spacial score (nSPS) is 13.1. The summed E-state index contributed by atoms with van der Waals surface area (Å²) < 4.78 is 0. The third-order valence-corrected chi connectivity index (χ3v) is 3.89. The van der Waals surface area contributed by atoms with Gasteiger partial charge in [0.2, 0.25) is 0 Å². The summed E-state index contributed by atoms with van der Waals surface area (Å²) in [4.78, 5) is 0. The van der Waals surface area contributed by atoms with Gasteiger partial charge in [0, 0.05) is 24.7 Å². The molecule has 2 aromatic rings. The molecular weight excluding hydrogens is 268 g/mol. The topological polar surface area (TPSA) is 24.1 Å². The predicted octanol–water partition coefficient (Wildman–Crippen LogP) is 4.21. The lowest BCUT2D eigenvalue weighted by molar-refractivity contribution is 0.330. The van der Waals surface area contributed by atoms with Crippen LogP contribution in [0.5, 0.6) is 0 Å². The molecule has 118 valence electrons. The number of nitrogens with one attached hydrogen (secondary N) is 2. The van der Waals surface area contributed by atoms with Crippen molar-refractivity contribution in [3.8, 4) is 0 Å². The molecule has 2 N–H and O–H groups in total. The molecule has 0 saturated carbocycles. The maximum atomic E-state index is 3.71. The van der Waals surface area contributed by atoms with E-state index in [9.17, 15) is 0 Å². The third kappa shape index (κ3) is 5.28. The van der Waals surface area contributed by atoms with Crippen LogP contribution in [0.4, 0.5) is 0 Å². The Kier molecular flexibility index (Phi) is 5.76. The summed E-state index contributed by atoms with van der Waals surface area (Å²) in [7, 11) is 0. The summed E-state index contributed by atoms with van der Waals surface area (Å²) in [5.74, 6) is 0. The van der Waals surface area contributed by atoms with Gasteiger partial charge >= 0.3 is 0 Å². The Morgan fingerprint density at radius 1 is 1.00 bits per heavy atom. The zero-order valence-electron chi connectivity index (χ0n) is 14.2. The molecule has 0 bridgehead atoms. The van der Waals surface area contributed by atoms with Crippen molar-refractivity contribution in [2.45, 2.75) is 45.8 Å². The molecule has 0 aromatic heterocycles. The lowest BCUT2D eigenvalue weighted by atomic mass is 10.0. The highest BCUT2D eigenvalue weighted by atomic mass is 15.0. The summed E-state index contributed by atoms with van der Waals surface area (Å²) >= 11 is 0. The van der Waals surface area contributed by atoms with Crippen LogP contribution in [-0.2, 0) is 6.54 Å². The summed E-state index contributed by atoms with van der Waals surface area (Å²) in [6.07, 6.45) is 0. The summed E-state index contributed by atoms with van der Waals surface area (Å²) in [6.45, 7) is 10.7. The number of hydrogen-bond acceptors (Lipinski definition) is 2. The zero-order valence-corrected chi connectivity index (χ0v) is 14.2. The Labute approximate surface area is 135 Å². The van der Waals surface area contributed by atoms with Gasteiger partial charge < -0.3 is 10.6 Å². The molecule has 0 spiro atoms. The molecule has 1 atom stereocenters. The lowest BCUT2D eigenvalue weighted by Gasteiger charge is -2.31. The summed E-state index contributed by atoms with van der Waals surface area (Å²) in [6, 6.07) is 19.6. The predicted molar refractivity (Wildman–Crippen MR) is 95.0 cm³/mol. The zero-order chi connectivity index (χ0) is 16.0. The molecule has 0 saturated heterocycles. The SMILES string of the molecule is Cc1cccc(CNCC(C)(C)N[C@H](C)c2ccccc2)c1. The van der Waals surface area contributed by atoms with Gasteiger partial charge in [0.25, 0.3) is 0 Å². The second-order valence-corrected chi connectivity index (χ2v) is 6.75. The first-order chi connectivity index (χ1) is 10.5. The monoisotopic (exact) mass is 296 g/mol. The van der Waals surface area contributed by atoms with E-state index in [2.05, 4.69) is 92.9 Å². The van der Waals surface area contributed by atoms with E-state index in [1.807, 2.05) is 0 Å². The van der Waals surface area contributed by atoms with E-state index in [1.165, 1.54) is 16.7 Å². The largest absolute Gasteiger partial charge is 0.311 e. The van der Waals surface area contributed by atoms with Crippen molar-refractivity contribution in [1.29, 1.82) is 0 Å². The molecule has 0 aliphatic rings. The van der Waals surface area contributed by atoms with E-state index < -0.39 is 0 Å². The van der Waals surface area contributed by atoms with Gasteiger partial charge in [-0.15, -0.1) is 0 Å². The first kappa shape index (κ1) is 16.7. The van der Waals surface area contributed by atoms with E-state index in [-0.39, 0.29) is 5.54 Å². The van der Waals surface area contributed by atoms with Crippen LogP contribution in [0.3, 0.4) is 0 Å². The van der Waals surface area contributed by atoms with Crippen molar-refractivity contribution in [3.63, 3.8) is 0 Å². The molecular formula is C20H28N2. The fourth-order valence-electron chi connectivity index (χ4n) is 2.80. The maximum Gasteiger partial charge on any atom is 0.0297 e. The average Bonchev–Trinajstić information content (AvgIpc) is 2.47. The van der Waals surface area contributed by atoms with Gasteiger partial charge in [0.05, 0.1) is 0 Å². The quantitative estimate of drug-likeness (QED) is 0.799. The van der Waals surface area contributed by atoms with Crippen molar-refractivity contribution in [2.24, 2.45) is 0 Å². The van der Waals surface area contributed by atoms with Crippen molar-refractivity contribution in [1.82, 2.24) is 10.6 Å². The van der Waals surface area contributed by atoms with Crippen LogP contribution in [0.25, 0.3) is 0 Å². The number of hydrogen-bond donors (Lipinski definition) is 2. The average molecular weight is 296 g/mol. The lowest BCUT2D eigenvalue weighted by Crippen LogP contribution is -2.48. The molecule has 22 heavy (non-hydrogen) atoms. The van der Waals surface area contributed by atoms with Crippen LogP contribution < -0.4 is 10.6 Å². The second-order valence-electron chi connectivity index (χ2n) is 6.75. The second kappa shape index (κ2) is 7.57. The molecule has 0 unspecified atom stereocenters. The number of aryl methyl sites for hydroxylation is 1. The van der Waals surface area contributed by atoms with Crippen LogP contribution in [0.15, 0.2) is 54.6 Å². The molecule has 2 aromatic carbocycles. The first-order valence-corrected chi connectivity index (χ1v) is 8.05. The molecule has 0 amide bonds. The van der Waals surface area contributed by atoms with Gasteiger partial charge in [-0.05, 0) is 38.8 Å². The molecule has 2 nitrogen and oxygen atoms in total. The molecule has 0 aliphatic carbocycles. The minimum absolute atomic E-state index is 0.0408. The van der Waals surface area contributed by atoms with Gasteiger partial charge in [-0.2, -0.15) is 0 Å². The molecule has 0 fully saturated rings. The highest BCUT2D eigenvalue weighted by Crippen LogP contribution is 2.15. The standard InChI is InChI=1S/C20H28N2/c1-16-9-8-10-18(13-16)14-21-15-20(3,4)22-17(2)19-11-6-5-7-12-19/h5-13,17,21-22H,14-15H2,1-4H3/t17-/m1/s1. The van der Waals surface area contributed by atoms with Crippen molar-refractivity contribution in [3.05, 3.63) is 71.3 Å². The van der Waals surface area contributed by atoms with Crippen LogP contribution in [-0.4, -0.2) is 12.1 Å². The maximum absolute atomic E-state index is 3.71. The van der Waals surface area contributed by atoms with Crippen LogP contribution in [0.1, 0.15) is 43.5 Å². The van der Waals surface area contributed by atoms with Crippen molar-refractivity contribution >= 4 is 0 Å². The summed E-state index contributed by atoms with van der Waals surface area (Å²) in [5.41, 5.74) is 4.02. The molecule has 0 aliphatic heterocycles. The van der Waals surface area contributed by atoms with Gasteiger partial charge in [-0.25, -0.2) is 0 Å². The fourth-order valence-corrected chi connectivity index (χ4v) is 2.80. The van der Waals surface area contributed by atoms with E-state index in [0.717, 1.165) is 13.1 Å². The van der Waals surface area contributed by atoms with Crippen molar-refractivity contribution < 1.29 is 0 Å². The Morgan fingerprint density at radius 2 is 1.73 bits per heavy atom. The van der Waals surface area contributed by atoms with E-state index in [1.54, 1.807) is 0 Å². The third-order valence-electron chi connectivity index (χ3n) is 3.89. The van der Waals surface area contributed by atoms with Crippen LogP contribution >= 0.6 is 0 Å². The first-order valence-electron chi connectivity index (χ1n) is 8.05. The van der Waals surface area contributed by atoms with Crippen LogP contribution in [0.2, 0.25) is 0 Å². The Morgan fingerprint density at radius 3 is 2.41 bits per heavy atom. The van der Waals surface area contributed by atoms with Gasteiger partial charge in [0.15, 0.2) is 0 Å². The van der Waals surface area contributed by atoms with E-state index in [4.69, 9.17) is 0 Å². The smallest absolute Gasteiger partial charge is 0.0297 e. The molecule has 2 rings (SSSR count). The van der Waals surface area contributed by atoms with E-state index >= 15 is 0 Å². The van der Waals surface area contributed by atoms with E-state index in [0.29, 0.717) is 6.04 Å². The van der Waals surface area contributed by atoms with Gasteiger partial charge in [0.1, 0.15) is 0 Å². The summed E-state index contributed by atoms with van der Waals surface area (Å²) in [5, 5.41) is 7.27. The van der Waals surface area contributed by atoms with Gasteiger partial charge in [-0.3, -0.25) is 0 Å². The molecule has 2 heteroatoms.